The van der Waals surface area contributed by atoms with Gasteiger partial charge in [0.1, 0.15) is 12.2 Å². The van der Waals surface area contributed by atoms with Gasteiger partial charge >= 0.3 is 0 Å². The SMILES string of the molecule is CC(C)n1ncnc1Cn1cnc2ccc(I)cc2c1=O. The number of aromatic nitrogens is 5. The zero-order valence-electron chi connectivity index (χ0n) is 11.7. The van der Waals surface area contributed by atoms with Crippen molar-refractivity contribution in [2.45, 2.75) is 26.4 Å². The summed E-state index contributed by atoms with van der Waals surface area (Å²) in [5.41, 5.74) is 0.652. The lowest BCUT2D eigenvalue weighted by molar-refractivity contribution is 0.493. The fourth-order valence-corrected chi connectivity index (χ4v) is 2.71. The highest BCUT2D eigenvalue weighted by molar-refractivity contribution is 14.1. The number of nitrogens with zero attached hydrogens (tertiary/aromatic N) is 5. The van der Waals surface area contributed by atoms with Gasteiger partial charge in [-0.3, -0.25) is 9.36 Å². The summed E-state index contributed by atoms with van der Waals surface area (Å²) in [7, 11) is 0. The summed E-state index contributed by atoms with van der Waals surface area (Å²) in [5, 5.41) is 4.81. The number of halogens is 1. The maximum atomic E-state index is 12.6. The predicted octanol–water partition coefficient (Wildman–Crippen LogP) is 2.22. The first kappa shape index (κ1) is 14.2. The summed E-state index contributed by atoms with van der Waals surface area (Å²) in [6.45, 7) is 4.43. The Morgan fingerprint density at radius 2 is 2.10 bits per heavy atom. The van der Waals surface area contributed by atoms with Crippen LogP contribution in [0.1, 0.15) is 25.7 Å². The van der Waals surface area contributed by atoms with Crippen molar-refractivity contribution in [3.63, 3.8) is 0 Å². The second-order valence-corrected chi connectivity index (χ2v) is 6.30. The van der Waals surface area contributed by atoms with Gasteiger partial charge in [0.25, 0.3) is 5.56 Å². The van der Waals surface area contributed by atoms with Gasteiger partial charge in [-0.15, -0.1) is 0 Å². The molecule has 21 heavy (non-hydrogen) atoms. The van der Waals surface area contributed by atoms with Gasteiger partial charge < -0.3 is 0 Å². The Kier molecular flexibility index (Phi) is 3.75. The standard InChI is InChI=1S/C14H14IN5O/c1-9(2)20-13(16-7-18-20)6-19-8-17-12-4-3-10(15)5-11(12)14(19)21/h3-5,7-9H,6H2,1-2H3. The topological polar surface area (TPSA) is 65.6 Å². The maximum Gasteiger partial charge on any atom is 0.261 e. The second kappa shape index (κ2) is 5.55. The van der Waals surface area contributed by atoms with Crippen LogP contribution in [-0.2, 0) is 6.54 Å². The number of hydrogen-bond donors (Lipinski definition) is 0. The molecule has 0 radical (unpaired) electrons. The van der Waals surface area contributed by atoms with Crippen LogP contribution >= 0.6 is 22.6 Å². The summed E-state index contributed by atoms with van der Waals surface area (Å²) < 4.78 is 4.40. The Morgan fingerprint density at radius 3 is 2.86 bits per heavy atom. The van der Waals surface area contributed by atoms with Crippen molar-refractivity contribution in [1.29, 1.82) is 0 Å². The lowest BCUT2D eigenvalue weighted by atomic mass is 10.2. The third-order valence-electron chi connectivity index (χ3n) is 3.23. The second-order valence-electron chi connectivity index (χ2n) is 5.05. The molecule has 0 N–H and O–H groups in total. The summed E-state index contributed by atoms with van der Waals surface area (Å²) >= 11 is 2.19. The molecule has 6 nitrogen and oxygen atoms in total. The van der Waals surface area contributed by atoms with Gasteiger partial charge in [0.15, 0.2) is 0 Å². The molecule has 108 valence electrons. The molecule has 0 aliphatic rings. The predicted molar refractivity (Wildman–Crippen MR) is 88.2 cm³/mol. The van der Waals surface area contributed by atoms with E-state index in [-0.39, 0.29) is 11.6 Å². The average molecular weight is 395 g/mol. The molecular weight excluding hydrogens is 381 g/mol. The highest BCUT2D eigenvalue weighted by Crippen LogP contribution is 2.12. The van der Waals surface area contributed by atoms with Crippen molar-refractivity contribution in [2.75, 3.05) is 0 Å². The monoisotopic (exact) mass is 395 g/mol. The van der Waals surface area contributed by atoms with E-state index in [0.717, 1.165) is 9.39 Å². The molecule has 0 spiro atoms. The molecule has 2 heterocycles. The zero-order chi connectivity index (χ0) is 15.0. The Morgan fingerprint density at radius 1 is 1.29 bits per heavy atom. The minimum Gasteiger partial charge on any atom is -0.291 e. The van der Waals surface area contributed by atoms with Crippen molar-refractivity contribution >= 4 is 33.5 Å². The molecule has 0 atom stereocenters. The van der Waals surface area contributed by atoms with Gasteiger partial charge in [0, 0.05) is 9.61 Å². The van der Waals surface area contributed by atoms with E-state index in [1.807, 2.05) is 36.7 Å². The summed E-state index contributed by atoms with van der Waals surface area (Å²) in [4.78, 5) is 21.1. The maximum absolute atomic E-state index is 12.6. The first-order valence-electron chi connectivity index (χ1n) is 6.59. The zero-order valence-corrected chi connectivity index (χ0v) is 13.9. The van der Waals surface area contributed by atoms with Crippen molar-refractivity contribution < 1.29 is 0 Å². The highest BCUT2D eigenvalue weighted by Gasteiger charge is 2.11. The summed E-state index contributed by atoms with van der Waals surface area (Å²) in [5.74, 6) is 0.749. The highest BCUT2D eigenvalue weighted by atomic mass is 127. The largest absolute Gasteiger partial charge is 0.291 e. The van der Waals surface area contributed by atoms with Gasteiger partial charge in [0.05, 0.1) is 23.8 Å². The van der Waals surface area contributed by atoms with Crippen molar-refractivity contribution in [3.05, 3.63) is 50.6 Å². The van der Waals surface area contributed by atoms with Gasteiger partial charge in [-0.25, -0.2) is 14.6 Å². The van der Waals surface area contributed by atoms with Crippen molar-refractivity contribution in [2.24, 2.45) is 0 Å². The van der Waals surface area contributed by atoms with Gasteiger partial charge in [-0.05, 0) is 54.6 Å². The molecule has 0 saturated carbocycles. The van der Waals surface area contributed by atoms with E-state index >= 15 is 0 Å². The molecule has 0 aliphatic heterocycles. The molecule has 0 unspecified atom stereocenters. The Balaban J connectivity index is 2.07. The smallest absolute Gasteiger partial charge is 0.261 e. The first-order chi connectivity index (χ1) is 10.1. The van der Waals surface area contributed by atoms with E-state index in [1.165, 1.54) is 6.33 Å². The van der Waals surface area contributed by atoms with Crippen LogP contribution < -0.4 is 5.56 Å². The molecule has 0 amide bonds. The summed E-state index contributed by atoms with van der Waals surface area (Å²) in [6, 6.07) is 5.86. The Labute approximate surface area is 135 Å². The van der Waals surface area contributed by atoms with Gasteiger partial charge in [-0.2, -0.15) is 5.10 Å². The minimum atomic E-state index is -0.0585. The van der Waals surface area contributed by atoms with Gasteiger partial charge in [0.2, 0.25) is 0 Å². The molecule has 1 aromatic carbocycles. The van der Waals surface area contributed by atoms with E-state index < -0.39 is 0 Å². The van der Waals surface area contributed by atoms with Gasteiger partial charge in [-0.1, -0.05) is 0 Å². The fourth-order valence-electron chi connectivity index (χ4n) is 2.21. The fraction of sp³-hybridized carbons (Fsp3) is 0.286. The molecule has 0 fully saturated rings. The molecule has 2 aromatic heterocycles. The van der Waals surface area contributed by atoms with Crippen LogP contribution in [0.25, 0.3) is 10.9 Å². The Hall–Kier alpha value is -1.77. The normalized spacial score (nSPS) is 11.4. The first-order valence-corrected chi connectivity index (χ1v) is 7.67. The molecule has 0 bridgehead atoms. The molecular formula is C14H14IN5O. The molecule has 0 saturated heterocycles. The summed E-state index contributed by atoms with van der Waals surface area (Å²) in [6.07, 6.45) is 3.08. The van der Waals surface area contributed by atoms with E-state index in [4.69, 9.17) is 0 Å². The molecule has 0 aliphatic carbocycles. The Bertz CT molecular complexity index is 852. The van der Waals surface area contributed by atoms with E-state index in [9.17, 15) is 4.79 Å². The van der Waals surface area contributed by atoms with Crippen LogP contribution in [0.4, 0.5) is 0 Å². The van der Waals surface area contributed by atoms with Crippen LogP contribution in [0.3, 0.4) is 0 Å². The minimum absolute atomic E-state index is 0.0585. The third kappa shape index (κ3) is 2.69. The van der Waals surface area contributed by atoms with E-state index in [0.29, 0.717) is 17.4 Å². The number of benzene rings is 1. The van der Waals surface area contributed by atoms with Crippen LogP contribution in [0.2, 0.25) is 0 Å². The molecule has 3 aromatic rings. The van der Waals surface area contributed by atoms with Crippen molar-refractivity contribution in [1.82, 2.24) is 24.3 Å². The van der Waals surface area contributed by atoms with Crippen LogP contribution in [-0.4, -0.2) is 24.3 Å². The van der Waals surface area contributed by atoms with E-state index in [2.05, 4.69) is 37.7 Å². The van der Waals surface area contributed by atoms with Crippen LogP contribution in [0.5, 0.6) is 0 Å². The number of fused-ring (bicyclic) bond motifs is 1. The lowest BCUT2D eigenvalue weighted by Crippen LogP contribution is -2.23. The lowest BCUT2D eigenvalue weighted by Gasteiger charge is -2.11. The van der Waals surface area contributed by atoms with Crippen LogP contribution in [0.15, 0.2) is 35.6 Å². The van der Waals surface area contributed by atoms with Crippen molar-refractivity contribution in [3.8, 4) is 0 Å². The third-order valence-corrected chi connectivity index (χ3v) is 3.91. The number of hydrogen-bond acceptors (Lipinski definition) is 4. The molecule has 7 heteroatoms. The quantitative estimate of drug-likeness (QED) is 0.638. The molecule has 3 rings (SSSR count). The van der Waals surface area contributed by atoms with Crippen LogP contribution in [0, 0.1) is 3.57 Å². The number of rotatable bonds is 3. The van der Waals surface area contributed by atoms with E-state index in [1.54, 1.807) is 10.9 Å². The average Bonchev–Trinajstić information content (AvgIpc) is 2.91.